The molecule has 0 N–H and O–H groups in total. The topological polar surface area (TPSA) is 86.7 Å². The molecule has 0 amide bonds. The van der Waals surface area contributed by atoms with Gasteiger partial charge in [0.15, 0.2) is 0 Å². The summed E-state index contributed by atoms with van der Waals surface area (Å²) in [7, 11) is 0. The van der Waals surface area contributed by atoms with Gasteiger partial charge in [0.05, 0.1) is 13.2 Å². The molecule has 152 valence electrons. The molecule has 2 rings (SSSR count). The lowest BCUT2D eigenvalue weighted by Crippen LogP contribution is -2.21. The van der Waals surface area contributed by atoms with Gasteiger partial charge in [-0.1, -0.05) is 0 Å². The summed E-state index contributed by atoms with van der Waals surface area (Å²) in [6, 6.07) is 0. The first-order chi connectivity index (χ1) is 13.0. The second-order valence-electron chi connectivity index (χ2n) is 7.87. The summed E-state index contributed by atoms with van der Waals surface area (Å²) in [6.45, 7) is 1.01. The Balaban J connectivity index is 1.45. The van der Waals surface area contributed by atoms with Gasteiger partial charge in [-0.05, 0) is 56.8 Å². The van der Waals surface area contributed by atoms with Gasteiger partial charge >= 0.3 is 11.9 Å². The first kappa shape index (κ1) is 21.6. The number of hydrogen-bond donors (Lipinski definition) is 0. The number of Topliss-reactive ketones (excluding diaryl/α,β-unsaturated/α-hetero) is 2. The van der Waals surface area contributed by atoms with Gasteiger partial charge in [0.1, 0.15) is 11.6 Å². The third kappa shape index (κ3) is 9.16. The van der Waals surface area contributed by atoms with Gasteiger partial charge in [-0.3, -0.25) is 19.2 Å². The van der Waals surface area contributed by atoms with Gasteiger partial charge in [-0.15, -0.1) is 0 Å². The molecule has 0 radical (unpaired) electrons. The molecule has 6 heteroatoms. The highest BCUT2D eigenvalue weighted by molar-refractivity contribution is 5.81. The summed E-state index contributed by atoms with van der Waals surface area (Å²) in [5.74, 6) is 0.876. The highest BCUT2D eigenvalue weighted by Crippen LogP contribution is 2.23. The molecule has 0 spiro atoms. The normalized spacial score (nSPS) is 22.8. The van der Waals surface area contributed by atoms with Gasteiger partial charge in [0.2, 0.25) is 0 Å². The maximum absolute atomic E-state index is 11.9. The van der Waals surface area contributed by atoms with Crippen LogP contribution in [0.25, 0.3) is 0 Å². The monoisotopic (exact) mass is 380 g/mol. The molecule has 2 fully saturated rings. The Hall–Kier alpha value is -1.72. The maximum atomic E-state index is 11.9. The van der Waals surface area contributed by atoms with Crippen LogP contribution in [0.15, 0.2) is 0 Å². The number of cyclic esters (lactones) is 2. The van der Waals surface area contributed by atoms with Gasteiger partial charge in [0, 0.05) is 38.5 Å². The van der Waals surface area contributed by atoms with E-state index in [-0.39, 0.29) is 23.5 Å². The Morgan fingerprint density at radius 1 is 0.704 bits per heavy atom. The van der Waals surface area contributed by atoms with E-state index in [0.717, 1.165) is 38.5 Å². The number of rotatable bonds is 12. The number of hydrogen-bond acceptors (Lipinski definition) is 6. The average Bonchev–Trinajstić information content (AvgIpc) is 2.62. The molecular weight excluding hydrogens is 348 g/mol. The van der Waals surface area contributed by atoms with Crippen molar-refractivity contribution < 1.29 is 28.7 Å². The Labute approximate surface area is 161 Å². The summed E-state index contributed by atoms with van der Waals surface area (Å²) in [4.78, 5) is 46.3. The molecule has 27 heavy (non-hydrogen) atoms. The SMILES string of the molecule is O=C(CCCC(=O)CCCC1CCOC(=O)C1)CCCC1CCOC(=O)C1. The Kier molecular flexibility index (Phi) is 9.50. The summed E-state index contributed by atoms with van der Waals surface area (Å²) >= 11 is 0. The van der Waals surface area contributed by atoms with E-state index < -0.39 is 0 Å². The van der Waals surface area contributed by atoms with Crippen LogP contribution in [0.4, 0.5) is 0 Å². The highest BCUT2D eigenvalue weighted by atomic mass is 16.5. The molecule has 0 aromatic heterocycles. The van der Waals surface area contributed by atoms with Crippen molar-refractivity contribution in [3.05, 3.63) is 0 Å². The van der Waals surface area contributed by atoms with E-state index in [4.69, 9.17) is 9.47 Å². The summed E-state index contributed by atoms with van der Waals surface area (Å²) in [6.07, 6.45) is 8.81. The fourth-order valence-corrected chi connectivity index (χ4v) is 3.87. The van der Waals surface area contributed by atoms with Crippen LogP contribution in [-0.4, -0.2) is 36.7 Å². The van der Waals surface area contributed by atoms with Crippen LogP contribution in [-0.2, 0) is 28.7 Å². The molecule has 0 bridgehead atoms. The number of esters is 2. The van der Waals surface area contributed by atoms with Crippen LogP contribution >= 0.6 is 0 Å². The fourth-order valence-electron chi connectivity index (χ4n) is 3.87. The minimum absolute atomic E-state index is 0.125. The zero-order chi connectivity index (χ0) is 19.5. The van der Waals surface area contributed by atoms with Gasteiger partial charge < -0.3 is 9.47 Å². The molecule has 2 unspecified atom stereocenters. The molecule has 2 saturated heterocycles. The summed E-state index contributed by atoms with van der Waals surface area (Å²) in [5.41, 5.74) is 0. The van der Waals surface area contributed by atoms with Gasteiger partial charge in [-0.25, -0.2) is 0 Å². The number of ether oxygens (including phenoxy) is 2. The van der Waals surface area contributed by atoms with Crippen molar-refractivity contribution in [3.8, 4) is 0 Å². The fraction of sp³-hybridized carbons (Fsp3) is 0.810. The predicted octanol–water partition coefficient (Wildman–Crippen LogP) is 3.54. The van der Waals surface area contributed by atoms with E-state index in [0.29, 0.717) is 70.0 Å². The molecule has 2 atom stereocenters. The van der Waals surface area contributed by atoms with Crippen LogP contribution in [0.3, 0.4) is 0 Å². The van der Waals surface area contributed by atoms with Crippen LogP contribution in [0.2, 0.25) is 0 Å². The van der Waals surface area contributed by atoms with E-state index in [2.05, 4.69) is 0 Å². The molecule has 0 aromatic carbocycles. The van der Waals surface area contributed by atoms with Crippen LogP contribution in [0.1, 0.15) is 83.5 Å². The third-order valence-corrected chi connectivity index (χ3v) is 5.54. The van der Waals surface area contributed by atoms with Crippen LogP contribution < -0.4 is 0 Å². The molecule has 0 aromatic rings. The minimum atomic E-state index is -0.125. The quantitative estimate of drug-likeness (QED) is 0.481. The average molecular weight is 380 g/mol. The summed E-state index contributed by atoms with van der Waals surface area (Å²) < 4.78 is 9.84. The Morgan fingerprint density at radius 3 is 1.52 bits per heavy atom. The smallest absolute Gasteiger partial charge is 0.306 e. The zero-order valence-corrected chi connectivity index (χ0v) is 16.2. The largest absolute Gasteiger partial charge is 0.466 e. The highest BCUT2D eigenvalue weighted by Gasteiger charge is 2.21. The second kappa shape index (κ2) is 11.9. The van der Waals surface area contributed by atoms with Crippen molar-refractivity contribution in [2.75, 3.05) is 13.2 Å². The van der Waals surface area contributed by atoms with Crippen LogP contribution in [0.5, 0.6) is 0 Å². The molecule has 2 heterocycles. The van der Waals surface area contributed by atoms with E-state index in [1.165, 1.54) is 0 Å². The van der Waals surface area contributed by atoms with Crippen molar-refractivity contribution in [2.45, 2.75) is 83.5 Å². The van der Waals surface area contributed by atoms with Crippen molar-refractivity contribution in [2.24, 2.45) is 11.8 Å². The number of ketones is 2. The Bertz CT molecular complexity index is 481. The van der Waals surface area contributed by atoms with E-state index in [1.807, 2.05) is 0 Å². The lowest BCUT2D eigenvalue weighted by atomic mass is 9.92. The number of carbonyl (C=O) groups is 4. The molecule has 2 aliphatic rings. The van der Waals surface area contributed by atoms with Gasteiger partial charge in [0.25, 0.3) is 0 Å². The number of carbonyl (C=O) groups excluding carboxylic acids is 4. The second-order valence-corrected chi connectivity index (χ2v) is 7.87. The van der Waals surface area contributed by atoms with Crippen molar-refractivity contribution in [3.63, 3.8) is 0 Å². The standard InChI is InChI=1S/C21H32O6/c22-18(6-1-4-16-10-12-26-20(24)14-16)8-3-9-19(23)7-2-5-17-11-13-27-21(25)15-17/h16-17H,1-15H2. The first-order valence-electron chi connectivity index (χ1n) is 10.4. The Morgan fingerprint density at radius 2 is 1.11 bits per heavy atom. The third-order valence-electron chi connectivity index (χ3n) is 5.54. The molecule has 6 nitrogen and oxygen atoms in total. The molecule has 2 aliphatic heterocycles. The molecule has 0 saturated carbocycles. The maximum Gasteiger partial charge on any atom is 0.306 e. The van der Waals surface area contributed by atoms with Crippen molar-refractivity contribution in [1.82, 2.24) is 0 Å². The van der Waals surface area contributed by atoms with Crippen molar-refractivity contribution >= 4 is 23.5 Å². The predicted molar refractivity (Wildman–Crippen MR) is 98.9 cm³/mol. The van der Waals surface area contributed by atoms with Gasteiger partial charge in [-0.2, -0.15) is 0 Å². The minimum Gasteiger partial charge on any atom is -0.466 e. The summed E-state index contributed by atoms with van der Waals surface area (Å²) in [5, 5.41) is 0. The van der Waals surface area contributed by atoms with Crippen LogP contribution in [0, 0.1) is 11.8 Å². The molecule has 0 aliphatic carbocycles. The van der Waals surface area contributed by atoms with E-state index in [9.17, 15) is 19.2 Å². The van der Waals surface area contributed by atoms with E-state index >= 15 is 0 Å². The first-order valence-corrected chi connectivity index (χ1v) is 10.4. The lowest BCUT2D eigenvalue weighted by molar-refractivity contribution is -0.150. The lowest BCUT2D eigenvalue weighted by Gasteiger charge is -2.20. The van der Waals surface area contributed by atoms with E-state index in [1.54, 1.807) is 0 Å². The van der Waals surface area contributed by atoms with Crippen molar-refractivity contribution in [1.29, 1.82) is 0 Å². The zero-order valence-electron chi connectivity index (χ0n) is 16.2. The molecular formula is C21H32O6.